The quantitative estimate of drug-likeness (QED) is 0.732. The molecular formula is C18H18N4O3. The Balaban J connectivity index is 1.61. The molecule has 0 aliphatic carbocycles. The lowest BCUT2D eigenvalue weighted by Gasteiger charge is -2.23. The Morgan fingerprint density at radius 1 is 1.24 bits per heavy atom. The fourth-order valence-corrected chi connectivity index (χ4v) is 3.01. The number of hydrogen-bond donors (Lipinski definition) is 0. The zero-order valence-electron chi connectivity index (χ0n) is 13.8. The average molecular weight is 338 g/mol. The number of carbonyl (C=O) groups is 1. The van der Waals surface area contributed by atoms with Crippen molar-refractivity contribution in [2.24, 2.45) is 0 Å². The largest absolute Gasteiger partial charge is 0.459 e. The van der Waals surface area contributed by atoms with Gasteiger partial charge in [0.15, 0.2) is 5.76 Å². The molecule has 0 aromatic carbocycles. The van der Waals surface area contributed by atoms with Crippen LogP contribution in [0.15, 0.2) is 53.5 Å². The van der Waals surface area contributed by atoms with Gasteiger partial charge in [-0.1, -0.05) is 0 Å². The number of ether oxygens (including phenoxy) is 1. The van der Waals surface area contributed by atoms with Crippen LogP contribution in [0.1, 0.15) is 21.8 Å². The van der Waals surface area contributed by atoms with Gasteiger partial charge in [-0.05, 0) is 31.2 Å². The summed E-state index contributed by atoms with van der Waals surface area (Å²) in [6, 6.07) is 7.82. The summed E-state index contributed by atoms with van der Waals surface area (Å²) in [6.07, 6.45) is 6.54. The summed E-state index contributed by atoms with van der Waals surface area (Å²) in [5.74, 6) is 0.231. The molecule has 1 aliphatic rings. The van der Waals surface area contributed by atoms with Crippen molar-refractivity contribution in [3.63, 3.8) is 0 Å². The molecule has 0 bridgehead atoms. The molecule has 1 amide bonds. The summed E-state index contributed by atoms with van der Waals surface area (Å²) in [6.45, 7) is 3.42. The van der Waals surface area contributed by atoms with Gasteiger partial charge < -0.3 is 18.6 Å². The molecule has 0 saturated heterocycles. The molecule has 1 atom stereocenters. The number of amides is 1. The molecule has 4 rings (SSSR count). The Morgan fingerprint density at radius 3 is 2.84 bits per heavy atom. The number of fused-ring (bicyclic) bond motifs is 1. The lowest BCUT2D eigenvalue weighted by atomic mass is 10.2. The number of carbonyl (C=O) groups excluding carboxylic acids is 1. The molecule has 3 aromatic rings. The number of nitrogens with zero attached hydrogens (tertiary/aromatic N) is 4. The highest BCUT2D eigenvalue weighted by Crippen LogP contribution is 2.20. The molecule has 7 nitrogen and oxygen atoms in total. The smallest absolute Gasteiger partial charge is 0.316 e. The second-order valence-electron chi connectivity index (χ2n) is 6.04. The van der Waals surface area contributed by atoms with Crippen molar-refractivity contribution in [2.75, 3.05) is 6.54 Å². The monoisotopic (exact) mass is 338 g/mol. The van der Waals surface area contributed by atoms with E-state index < -0.39 is 0 Å². The van der Waals surface area contributed by atoms with E-state index in [4.69, 9.17) is 9.15 Å². The van der Waals surface area contributed by atoms with E-state index in [0.717, 1.165) is 11.3 Å². The molecule has 7 heteroatoms. The van der Waals surface area contributed by atoms with Crippen molar-refractivity contribution >= 4 is 5.91 Å². The molecule has 0 saturated carbocycles. The van der Waals surface area contributed by atoms with Crippen LogP contribution in [0.2, 0.25) is 0 Å². The molecule has 3 aromatic heterocycles. The van der Waals surface area contributed by atoms with Crippen molar-refractivity contribution in [3.05, 3.63) is 66.1 Å². The molecule has 0 radical (unpaired) electrons. The summed E-state index contributed by atoms with van der Waals surface area (Å²) in [5, 5.41) is 0. The van der Waals surface area contributed by atoms with Crippen LogP contribution in [0.5, 0.6) is 6.01 Å². The standard InChI is InChI=1S/C18H18N4O3/c1-13-5-9-24-16(13)17(23)22-10-14-4-2-8-21(14)11-15(12-22)25-18-19-6-3-7-20-18/h2-9,15H,10-12H2,1H3. The highest BCUT2D eigenvalue weighted by Gasteiger charge is 2.29. The molecular weight excluding hydrogens is 320 g/mol. The van der Waals surface area contributed by atoms with E-state index in [0.29, 0.717) is 31.4 Å². The maximum absolute atomic E-state index is 12.9. The van der Waals surface area contributed by atoms with Gasteiger partial charge in [-0.15, -0.1) is 0 Å². The fourth-order valence-electron chi connectivity index (χ4n) is 3.01. The first-order chi connectivity index (χ1) is 12.2. The number of furan rings is 1. The second-order valence-corrected chi connectivity index (χ2v) is 6.04. The number of hydrogen-bond acceptors (Lipinski definition) is 5. The SMILES string of the molecule is Cc1ccoc1C(=O)N1Cc2cccn2CC(Oc2ncccn2)C1. The van der Waals surface area contributed by atoms with Crippen LogP contribution in [-0.4, -0.2) is 38.0 Å². The third-order valence-electron chi connectivity index (χ3n) is 4.26. The Hall–Kier alpha value is -3.09. The number of aryl methyl sites for hydroxylation is 1. The van der Waals surface area contributed by atoms with Crippen LogP contribution in [0, 0.1) is 6.92 Å². The van der Waals surface area contributed by atoms with E-state index in [-0.39, 0.29) is 12.0 Å². The van der Waals surface area contributed by atoms with Crippen LogP contribution in [0.3, 0.4) is 0 Å². The van der Waals surface area contributed by atoms with Gasteiger partial charge in [0, 0.05) is 29.8 Å². The molecule has 1 unspecified atom stereocenters. The zero-order valence-corrected chi connectivity index (χ0v) is 13.8. The van der Waals surface area contributed by atoms with E-state index in [9.17, 15) is 4.79 Å². The molecule has 4 heterocycles. The summed E-state index contributed by atoms with van der Waals surface area (Å²) in [5.41, 5.74) is 1.88. The molecule has 25 heavy (non-hydrogen) atoms. The van der Waals surface area contributed by atoms with Crippen molar-refractivity contribution in [1.82, 2.24) is 19.4 Å². The molecule has 1 aliphatic heterocycles. The van der Waals surface area contributed by atoms with Gasteiger partial charge in [0.2, 0.25) is 0 Å². The summed E-state index contributed by atoms with van der Waals surface area (Å²) < 4.78 is 13.4. The average Bonchev–Trinajstić information content (AvgIpc) is 3.20. The third kappa shape index (κ3) is 3.13. The first kappa shape index (κ1) is 15.4. The zero-order chi connectivity index (χ0) is 17.2. The third-order valence-corrected chi connectivity index (χ3v) is 4.26. The van der Waals surface area contributed by atoms with Crippen LogP contribution >= 0.6 is 0 Å². The minimum absolute atomic E-state index is 0.139. The number of rotatable bonds is 3. The Morgan fingerprint density at radius 2 is 2.08 bits per heavy atom. The molecule has 128 valence electrons. The van der Waals surface area contributed by atoms with E-state index >= 15 is 0 Å². The second kappa shape index (κ2) is 6.43. The van der Waals surface area contributed by atoms with E-state index in [2.05, 4.69) is 14.5 Å². The maximum Gasteiger partial charge on any atom is 0.316 e. The highest BCUT2D eigenvalue weighted by atomic mass is 16.5. The Bertz CT molecular complexity index is 871. The van der Waals surface area contributed by atoms with E-state index in [1.807, 2.05) is 25.3 Å². The van der Waals surface area contributed by atoms with Gasteiger partial charge >= 0.3 is 6.01 Å². The Labute approximate surface area is 144 Å². The van der Waals surface area contributed by atoms with Crippen LogP contribution in [0.25, 0.3) is 0 Å². The summed E-state index contributed by atoms with van der Waals surface area (Å²) in [4.78, 5) is 22.9. The van der Waals surface area contributed by atoms with Gasteiger partial charge in [-0.3, -0.25) is 4.79 Å². The van der Waals surface area contributed by atoms with Crippen molar-refractivity contribution in [1.29, 1.82) is 0 Å². The first-order valence-corrected chi connectivity index (χ1v) is 8.12. The lowest BCUT2D eigenvalue weighted by molar-refractivity contribution is 0.0608. The van der Waals surface area contributed by atoms with Gasteiger partial charge in [0.1, 0.15) is 6.10 Å². The molecule has 0 spiro atoms. The van der Waals surface area contributed by atoms with Crippen molar-refractivity contribution in [2.45, 2.75) is 26.1 Å². The predicted molar refractivity (Wildman–Crippen MR) is 89.1 cm³/mol. The Kier molecular flexibility index (Phi) is 3.97. The van der Waals surface area contributed by atoms with Gasteiger partial charge in [0.05, 0.1) is 25.9 Å². The van der Waals surface area contributed by atoms with Crippen molar-refractivity contribution in [3.8, 4) is 6.01 Å². The van der Waals surface area contributed by atoms with Crippen molar-refractivity contribution < 1.29 is 13.9 Å². The highest BCUT2D eigenvalue weighted by molar-refractivity contribution is 5.92. The first-order valence-electron chi connectivity index (χ1n) is 8.12. The normalized spacial score (nSPS) is 17.0. The number of aromatic nitrogens is 3. The van der Waals surface area contributed by atoms with E-state index in [1.165, 1.54) is 6.26 Å². The van der Waals surface area contributed by atoms with Gasteiger partial charge in [0.25, 0.3) is 5.91 Å². The predicted octanol–water partition coefficient (Wildman–Crippen LogP) is 2.28. The minimum atomic E-state index is -0.254. The van der Waals surface area contributed by atoms with Crippen LogP contribution in [-0.2, 0) is 13.1 Å². The summed E-state index contributed by atoms with van der Waals surface area (Å²) >= 11 is 0. The fraction of sp³-hybridized carbons (Fsp3) is 0.278. The molecule has 0 fully saturated rings. The van der Waals surface area contributed by atoms with Crippen LogP contribution in [0.4, 0.5) is 0 Å². The van der Waals surface area contributed by atoms with Gasteiger partial charge in [-0.25, -0.2) is 9.97 Å². The summed E-state index contributed by atoms with van der Waals surface area (Å²) in [7, 11) is 0. The lowest BCUT2D eigenvalue weighted by Crippen LogP contribution is -2.39. The van der Waals surface area contributed by atoms with Gasteiger partial charge in [-0.2, -0.15) is 0 Å². The van der Waals surface area contributed by atoms with E-state index in [1.54, 1.807) is 29.4 Å². The topological polar surface area (TPSA) is 73.4 Å². The van der Waals surface area contributed by atoms with Crippen LogP contribution < -0.4 is 4.74 Å². The molecule has 0 N–H and O–H groups in total. The maximum atomic E-state index is 12.9. The minimum Gasteiger partial charge on any atom is -0.459 e.